The Kier molecular flexibility index (Phi) is 6.25. The zero-order valence-electron chi connectivity index (χ0n) is 16.0. The van der Waals surface area contributed by atoms with Crippen LogP contribution in [0.25, 0.3) is 11.3 Å². The van der Waals surface area contributed by atoms with E-state index in [4.69, 9.17) is 32.5 Å². The molecule has 0 aliphatic rings. The number of aromatic nitrogens is 1. The van der Waals surface area contributed by atoms with Gasteiger partial charge in [0.05, 0.1) is 17.2 Å². The van der Waals surface area contributed by atoms with Crippen LogP contribution in [0, 0.1) is 0 Å². The molecule has 0 aliphatic carbocycles. The summed E-state index contributed by atoms with van der Waals surface area (Å²) in [6, 6.07) is 12.0. The van der Waals surface area contributed by atoms with Gasteiger partial charge < -0.3 is 9.26 Å². The highest BCUT2D eigenvalue weighted by molar-refractivity contribution is 6.39. The number of nitrogens with zero attached hydrogens (tertiary/aromatic N) is 1. The first-order valence-corrected chi connectivity index (χ1v) is 9.52. The maximum atomic E-state index is 12.6. The molecule has 1 aromatic heterocycles. The predicted octanol–water partition coefficient (Wildman–Crippen LogP) is 5.81. The molecule has 0 radical (unpaired) electrons. The Bertz CT molecular complexity index is 1040. The number of nitrogens with one attached hydrogen (secondary N) is 1. The second kappa shape index (κ2) is 8.68. The molecule has 0 unspecified atom stereocenters. The van der Waals surface area contributed by atoms with Gasteiger partial charge >= 0.3 is 5.97 Å². The minimum atomic E-state index is -0.748. The predicted molar refractivity (Wildman–Crippen MR) is 112 cm³/mol. The molecule has 29 heavy (non-hydrogen) atoms. The molecular formula is C21H18Cl2N2O4. The van der Waals surface area contributed by atoms with Crippen LogP contribution in [-0.4, -0.2) is 24.1 Å². The zero-order valence-corrected chi connectivity index (χ0v) is 17.5. The number of ether oxygens (including phenoxy) is 1. The Labute approximate surface area is 177 Å². The Morgan fingerprint density at radius 2 is 1.69 bits per heavy atom. The van der Waals surface area contributed by atoms with E-state index in [9.17, 15) is 9.59 Å². The highest BCUT2D eigenvalue weighted by Crippen LogP contribution is 2.38. The number of carbonyl (C=O) groups is 2. The number of anilines is 1. The van der Waals surface area contributed by atoms with Crippen molar-refractivity contribution < 1.29 is 18.8 Å². The van der Waals surface area contributed by atoms with Crippen LogP contribution in [0.2, 0.25) is 10.0 Å². The molecule has 0 bridgehead atoms. The average molecular weight is 433 g/mol. The fourth-order valence-corrected chi connectivity index (χ4v) is 3.33. The van der Waals surface area contributed by atoms with Crippen LogP contribution in [-0.2, 0) is 4.74 Å². The van der Waals surface area contributed by atoms with Crippen LogP contribution in [0.4, 0.5) is 5.88 Å². The molecule has 0 spiro atoms. The van der Waals surface area contributed by atoms with E-state index in [1.165, 1.54) is 7.11 Å². The number of hydrogen-bond donors (Lipinski definition) is 1. The van der Waals surface area contributed by atoms with E-state index in [1.54, 1.807) is 30.3 Å². The zero-order chi connectivity index (χ0) is 21.1. The molecule has 0 atom stereocenters. The van der Waals surface area contributed by atoms with Crippen LogP contribution < -0.4 is 5.32 Å². The number of rotatable bonds is 5. The van der Waals surface area contributed by atoms with E-state index in [-0.39, 0.29) is 27.2 Å². The van der Waals surface area contributed by atoms with Crippen molar-refractivity contribution in [1.29, 1.82) is 0 Å². The van der Waals surface area contributed by atoms with Gasteiger partial charge in [0, 0.05) is 11.1 Å². The normalized spacial score (nSPS) is 10.8. The summed E-state index contributed by atoms with van der Waals surface area (Å²) in [7, 11) is 1.21. The van der Waals surface area contributed by atoms with Crippen LogP contribution in [0.15, 0.2) is 47.0 Å². The maximum Gasteiger partial charge on any atom is 0.345 e. The fourth-order valence-electron chi connectivity index (χ4n) is 2.76. The van der Waals surface area contributed by atoms with E-state index in [0.717, 1.165) is 5.56 Å². The lowest BCUT2D eigenvalue weighted by atomic mass is 10.0. The third-order valence-corrected chi connectivity index (χ3v) is 4.98. The van der Waals surface area contributed by atoms with Gasteiger partial charge in [-0.3, -0.25) is 10.1 Å². The average Bonchev–Trinajstić information content (AvgIpc) is 3.10. The highest BCUT2D eigenvalue weighted by atomic mass is 35.5. The second-order valence-corrected chi connectivity index (χ2v) is 7.37. The number of methoxy groups -OCH3 is 1. The third kappa shape index (κ3) is 4.28. The lowest BCUT2D eigenvalue weighted by Gasteiger charge is -2.08. The minimum absolute atomic E-state index is 0.0744. The largest absolute Gasteiger partial charge is 0.465 e. The van der Waals surface area contributed by atoms with E-state index in [1.807, 2.05) is 12.1 Å². The molecule has 0 aliphatic heterocycles. The first-order chi connectivity index (χ1) is 13.8. The van der Waals surface area contributed by atoms with Crippen LogP contribution in [0.5, 0.6) is 0 Å². The van der Waals surface area contributed by atoms with Gasteiger partial charge in [0.25, 0.3) is 5.91 Å². The molecule has 1 heterocycles. The number of benzene rings is 2. The molecule has 3 rings (SSSR count). The molecule has 8 heteroatoms. The summed E-state index contributed by atoms with van der Waals surface area (Å²) in [5.41, 5.74) is 1.82. The minimum Gasteiger partial charge on any atom is -0.465 e. The Balaban J connectivity index is 1.99. The number of carbonyl (C=O) groups excluding carboxylic acids is 2. The van der Waals surface area contributed by atoms with Gasteiger partial charge in [0.2, 0.25) is 5.88 Å². The summed E-state index contributed by atoms with van der Waals surface area (Å²) in [5, 5.41) is 7.02. The van der Waals surface area contributed by atoms with E-state index in [0.29, 0.717) is 17.0 Å². The molecule has 1 N–H and O–H groups in total. The summed E-state index contributed by atoms with van der Waals surface area (Å²) in [4.78, 5) is 25.0. The Hall–Kier alpha value is -2.83. The third-order valence-electron chi connectivity index (χ3n) is 4.35. The van der Waals surface area contributed by atoms with Crippen molar-refractivity contribution in [3.05, 3.63) is 69.2 Å². The van der Waals surface area contributed by atoms with Gasteiger partial charge in [-0.1, -0.05) is 60.4 Å². The van der Waals surface area contributed by atoms with Crippen molar-refractivity contribution in [1.82, 2.24) is 5.16 Å². The van der Waals surface area contributed by atoms with Gasteiger partial charge in [-0.15, -0.1) is 0 Å². The molecule has 150 valence electrons. The monoisotopic (exact) mass is 432 g/mol. The number of amides is 1. The Morgan fingerprint density at radius 3 is 2.24 bits per heavy atom. The lowest BCUT2D eigenvalue weighted by molar-refractivity contribution is 0.0602. The molecular weight excluding hydrogens is 415 g/mol. The SMILES string of the molecule is COC(=O)c1c(-c2c(Cl)cccc2Cl)noc1NC(=O)c1ccc(C(C)C)cc1. The molecule has 0 saturated heterocycles. The van der Waals surface area contributed by atoms with Crippen LogP contribution in [0.3, 0.4) is 0 Å². The topological polar surface area (TPSA) is 81.4 Å². The summed E-state index contributed by atoms with van der Waals surface area (Å²) < 4.78 is 10.1. The quantitative estimate of drug-likeness (QED) is 0.514. The maximum absolute atomic E-state index is 12.6. The van der Waals surface area contributed by atoms with Gasteiger partial charge in [0.1, 0.15) is 5.69 Å². The Morgan fingerprint density at radius 1 is 1.07 bits per heavy atom. The fraction of sp³-hybridized carbons (Fsp3) is 0.190. The van der Waals surface area contributed by atoms with Gasteiger partial charge in [-0.05, 0) is 35.7 Å². The van der Waals surface area contributed by atoms with Gasteiger partial charge in [-0.25, -0.2) is 4.79 Å². The molecule has 3 aromatic rings. The molecule has 0 fully saturated rings. The van der Waals surface area contributed by atoms with E-state index >= 15 is 0 Å². The molecule has 1 amide bonds. The summed E-state index contributed by atoms with van der Waals surface area (Å²) >= 11 is 12.5. The summed E-state index contributed by atoms with van der Waals surface area (Å²) in [5.74, 6) is -1.02. The number of esters is 1. The van der Waals surface area contributed by atoms with Crippen LogP contribution >= 0.6 is 23.2 Å². The van der Waals surface area contributed by atoms with E-state index in [2.05, 4.69) is 24.3 Å². The highest BCUT2D eigenvalue weighted by Gasteiger charge is 2.28. The lowest BCUT2D eigenvalue weighted by Crippen LogP contribution is -2.14. The standard InChI is InChI=1S/C21H18Cl2N2O4/c1-11(2)12-7-9-13(10-8-12)19(26)24-20-17(21(27)28-3)18(25-29-20)16-14(22)5-4-6-15(16)23/h4-11H,1-3H3,(H,24,26). The summed E-state index contributed by atoms with van der Waals surface area (Å²) in [6.45, 7) is 4.13. The van der Waals surface area contributed by atoms with Gasteiger partial charge in [0.15, 0.2) is 5.56 Å². The van der Waals surface area contributed by atoms with Crippen molar-refractivity contribution in [2.24, 2.45) is 0 Å². The van der Waals surface area contributed by atoms with Gasteiger partial charge in [-0.2, -0.15) is 0 Å². The van der Waals surface area contributed by atoms with Crippen molar-refractivity contribution in [3.8, 4) is 11.3 Å². The van der Waals surface area contributed by atoms with Crippen LogP contribution in [0.1, 0.15) is 46.0 Å². The van der Waals surface area contributed by atoms with E-state index < -0.39 is 11.9 Å². The van der Waals surface area contributed by atoms with Crippen molar-refractivity contribution in [2.75, 3.05) is 12.4 Å². The molecule has 6 nitrogen and oxygen atoms in total. The smallest absolute Gasteiger partial charge is 0.345 e. The molecule has 2 aromatic carbocycles. The molecule has 0 saturated carbocycles. The number of hydrogen-bond acceptors (Lipinski definition) is 5. The number of halogens is 2. The van der Waals surface area contributed by atoms with Crippen molar-refractivity contribution in [3.63, 3.8) is 0 Å². The first-order valence-electron chi connectivity index (χ1n) is 8.77. The summed E-state index contributed by atoms with van der Waals surface area (Å²) in [6.07, 6.45) is 0. The second-order valence-electron chi connectivity index (χ2n) is 6.55. The first kappa shape index (κ1) is 20.9. The van der Waals surface area contributed by atoms with Crippen molar-refractivity contribution in [2.45, 2.75) is 19.8 Å². The van der Waals surface area contributed by atoms with Crippen molar-refractivity contribution >= 4 is 41.0 Å².